The Bertz CT molecular complexity index is 697. The highest BCUT2D eigenvalue weighted by Crippen LogP contribution is 2.22. The van der Waals surface area contributed by atoms with E-state index in [2.05, 4.69) is 19.1 Å². The Hall–Kier alpha value is -1.89. The van der Waals surface area contributed by atoms with Crippen molar-refractivity contribution in [3.63, 3.8) is 0 Å². The van der Waals surface area contributed by atoms with Gasteiger partial charge in [-0.1, -0.05) is 115 Å². The fourth-order valence-corrected chi connectivity index (χ4v) is 6.30. The maximum Gasteiger partial charge on any atom is 0.311 e. The molecule has 0 aromatic heterocycles. The summed E-state index contributed by atoms with van der Waals surface area (Å²) in [6.45, 7) is 8.45. The predicted molar refractivity (Wildman–Crippen MR) is 177 cm³/mol. The van der Waals surface area contributed by atoms with Crippen molar-refractivity contribution in [1.82, 2.24) is 0 Å². The summed E-state index contributed by atoms with van der Waals surface area (Å²) in [5, 5.41) is 28.6. The van der Waals surface area contributed by atoms with E-state index in [4.69, 9.17) is 0 Å². The first-order chi connectivity index (χ1) is 20.5. The van der Waals surface area contributed by atoms with E-state index in [0.717, 1.165) is 25.7 Å². The summed E-state index contributed by atoms with van der Waals surface area (Å²) in [4.78, 5) is 34.9. The first-order valence-electron chi connectivity index (χ1n) is 17.7. The number of rotatable bonds is 31. The van der Waals surface area contributed by atoms with Crippen molar-refractivity contribution in [2.75, 3.05) is 26.2 Å². The lowest BCUT2D eigenvalue weighted by molar-refractivity contribution is -0.934. The zero-order valence-corrected chi connectivity index (χ0v) is 28.4. The first-order valence-corrected chi connectivity index (χ1v) is 17.7. The van der Waals surface area contributed by atoms with Gasteiger partial charge in [0.1, 0.15) is 17.8 Å². The maximum atomic E-state index is 11.6. The molecular weight excluding hydrogens is 542 g/mol. The molecule has 0 amide bonds. The zero-order chi connectivity index (χ0) is 32.3. The predicted octanol–water partition coefficient (Wildman–Crippen LogP) is 9.34. The van der Waals surface area contributed by atoms with Gasteiger partial charge in [0.15, 0.2) is 0 Å². The number of aliphatic carboxylic acids is 3. The molecule has 0 heterocycles. The molecule has 0 aliphatic heterocycles. The first kappa shape index (κ1) is 41.1. The topological polar surface area (TPSA) is 112 Å². The minimum atomic E-state index is -0.930. The number of hydrogen-bond acceptors (Lipinski definition) is 3. The number of unbranched alkanes of at least 4 members (excludes halogenated alkanes) is 18. The highest BCUT2D eigenvalue weighted by Gasteiger charge is 2.38. The quantitative estimate of drug-likeness (QED) is 0.0410. The molecule has 3 atom stereocenters. The van der Waals surface area contributed by atoms with E-state index in [-0.39, 0.29) is 24.1 Å². The molecule has 7 nitrogen and oxygen atoms in total. The average molecular weight is 611 g/mol. The molecule has 0 saturated carbocycles. The molecule has 0 aromatic carbocycles. The van der Waals surface area contributed by atoms with Gasteiger partial charge in [0.2, 0.25) is 0 Å². The van der Waals surface area contributed by atoms with Crippen molar-refractivity contribution < 1.29 is 34.2 Å². The molecule has 0 radical (unpaired) electrons. The van der Waals surface area contributed by atoms with Crippen molar-refractivity contribution in [3.05, 3.63) is 12.2 Å². The maximum absolute atomic E-state index is 11.6. The number of nitrogens with zero attached hydrogens (tertiary/aromatic N) is 1. The van der Waals surface area contributed by atoms with E-state index < -0.39 is 35.7 Å². The van der Waals surface area contributed by atoms with E-state index >= 15 is 0 Å². The molecule has 3 N–H and O–H groups in total. The number of allylic oxidation sites excluding steroid dienone is 2. The average Bonchev–Trinajstić information content (AvgIpc) is 2.95. The lowest BCUT2D eigenvalue weighted by Crippen LogP contribution is -2.57. The second kappa shape index (κ2) is 26.5. The third-order valence-electron chi connectivity index (χ3n) is 8.90. The smallest absolute Gasteiger partial charge is 0.311 e. The fourth-order valence-electron chi connectivity index (χ4n) is 6.30. The largest absolute Gasteiger partial charge is 0.481 e. The highest BCUT2D eigenvalue weighted by molar-refractivity contribution is 5.70. The fraction of sp³-hybridized carbons (Fsp3) is 0.861. The van der Waals surface area contributed by atoms with E-state index in [1.54, 1.807) is 20.8 Å². The normalized spacial score (nSPS) is 15.3. The van der Waals surface area contributed by atoms with Gasteiger partial charge in [-0.15, -0.1) is 0 Å². The number of quaternary nitrogens is 1. The van der Waals surface area contributed by atoms with Gasteiger partial charge >= 0.3 is 17.9 Å². The summed E-state index contributed by atoms with van der Waals surface area (Å²) in [5.74, 6) is -4.79. The number of carboxylic acid groups (broad SMARTS) is 3. The molecule has 0 bridgehead atoms. The Morgan fingerprint density at radius 2 is 0.767 bits per heavy atom. The summed E-state index contributed by atoms with van der Waals surface area (Å²) in [5.41, 5.74) is 0. The summed E-state index contributed by atoms with van der Waals surface area (Å²) < 4.78 is 0.228. The van der Waals surface area contributed by atoms with Gasteiger partial charge in [0, 0.05) is 0 Å². The van der Waals surface area contributed by atoms with Crippen LogP contribution in [0.2, 0.25) is 0 Å². The van der Waals surface area contributed by atoms with E-state index in [1.807, 2.05) is 0 Å². The summed E-state index contributed by atoms with van der Waals surface area (Å²) >= 11 is 0. The van der Waals surface area contributed by atoms with Gasteiger partial charge in [0.05, 0.1) is 26.2 Å². The zero-order valence-electron chi connectivity index (χ0n) is 28.4. The third-order valence-corrected chi connectivity index (χ3v) is 8.90. The molecule has 0 aliphatic rings. The van der Waals surface area contributed by atoms with Crippen LogP contribution in [0.5, 0.6) is 0 Å². The van der Waals surface area contributed by atoms with Crippen LogP contribution in [0.4, 0.5) is 0 Å². The SMILES string of the molecule is CC/C=C/CCCCCCCCCCCCCCCCCCCC[N+](CC(C)C(=O)O)(CC(C)C(=O)O)CC(C)C(=O)O. The van der Waals surface area contributed by atoms with Gasteiger partial charge in [-0.3, -0.25) is 14.4 Å². The molecule has 0 spiro atoms. The Kier molecular flexibility index (Phi) is 25.3. The molecule has 0 rings (SSSR count). The lowest BCUT2D eigenvalue weighted by atomic mass is 10.00. The van der Waals surface area contributed by atoms with Crippen LogP contribution in [-0.4, -0.2) is 63.9 Å². The van der Waals surface area contributed by atoms with Crippen LogP contribution in [0.25, 0.3) is 0 Å². The van der Waals surface area contributed by atoms with E-state index in [0.29, 0.717) is 6.54 Å². The van der Waals surface area contributed by atoms with Gasteiger partial charge in [-0.2, -0.15) is 0 Å². The summed E-state index contributed by atoms with van der Waals surface area (Å²) in [7, 11) is 0. The Balaban J connectivity index is 4.11. The Morgan fingerprint density at radius 3 is 1.05 bits per heavy atom. The van der Waals surface area contributed by atoms with Gasteiger partial charge < -0.3 is 19.8 Å². The minimum Gasteiger partial charge on any atom is -0.481 e. The molecule has 0 aromatic rings. The van der Waals surface area contributed by atoms with Gasteiger partial charge in [-0.25, -0.2) is 0 Å². The van der Waals surface area contributed by atoms with Gasteiger partial charge in [-0.05, 0) is 52.9 Å². The number of carboxylic acids is 3. The third kappa shape index (κ3) is 23.2. The van der Waals surface area contributed by atoms with E-state index in [1.165, 1.54) is 103 Å². The van der Waals surface area contributed by atoms with Crippen LogP contribution in [0.1, 0.15) is 156 Å². The van der Waals surface area contributed by atoms with Crippen molar-refractivity contribution in [3.8, 4) is 0 Å². The molecule has 0 fully saturated rings. The van der Waals surface area contributed by atoms with Crippen LogP contribution in [0.3, 0.4) is 0 Å². The van der Waals surface area contributed by atoms with Crippen molar-refractivity contribution in [2.24, 2.45) is 17.8 Å². The van der Waals surface area contributed by atoms with E-state index in [9.17, 15) is 29.7 Å². The van der Waals surface area contributed by atoms with Crippen molar-refractivity contribution in [2.45, 2.75) is 156 Å². The molecule has 252 valence electrons. The van der Waals surface area contributed by atoms with Crippen LogP contribution in [-0.2, 0) is 14.4 Å². The second-order valence-electron chi connectivity index (χ2n) is 13.4. The molecule has 0 aliphatic carbocycles. The highest BCUT2D eigenvalue weighted by atomic mass is 16.4. The van der Waals surface area contributed by atoms with Crippen molar-refractivity contribution in [1.29, 1.82) is 0 Å². The number of hydrogen-bond donors (Lipinski definition) is 3. The number of carbonyl (C=O) groups is 3. The molecule has 0 saturated heterocycles. The monoisotopic (exact) mass is 611 g/mol. The standard InChI is InChI=1S/C36H67NO6/c1-5-6-7-8-9-10-11-12-13-14-15-16-17-18-19-20-21-22-23-24-25-26-27-37(28-31(2)34(38)39,29-32(3)35(40)41)30-33(4)36(42)43/h6-7,31-33H,5,8-30H2,1-4H3,(H2-,38,39,40,41,42,43)/p+1/b7-6+. The molecule has 43 heavy (non-hydrogen) atoms. The molecular formula is C36H68NO6+. The Labute approximate surface area is 264 Å². The van der Waals surface area contributed by atoms with Crippen LogP contribution < -0.4 is 0 Å². The van der Waals surface area contributed by atoms with Gasteiger partial charge in [0.25, 0.3) is 0 Å². The summed E-state index contributed by atoms with van der Waals surface area (Å²) in [6.07, 6.45) is 30.1. The second-order valence-corrected chi connectivity index (χ2v) is 13.4. The Morgan fingerprint density at radius 1 is 0.488 bits per heavy atom. The van der Waals surface area contributed by atoms with Crippen LogP contribution in [0.15, 0.2) is 12.2 Å². The summed E-state index contributed by atoms with van der Waals surface area (Å²) in [6, 6.07) is 0. The van der Waals surface area contributed by atoms with Crippen LogP contribution >= 0.6 is 0 Å². The minimum absolute atomic E-state index is 0.228. The lowest BCUT2D eigenvalue weighted by Gasteiger charge is -2.42. The van der Waals surface area contributed by atoms with Crippen molar-refractivity contribution >= 4 is 17.9 Å². The molecule has 3 unspecified atom stereocenters. The van der Waals surface area contributed by atoms with Crippen LogP contribution in [0, 0.1) is 17.8 Å². The molecule has 7 heteroatoms.